The standard InChI is InChI=1S/C17H11ClN2O3/c18-13-5-3-4-11(9-13)8-12(10-19)16(21)20-15-7-2-1-6-14(15)17(22)23/h1-9H,(H,20,21)(H,22,23)/b12-8+. The molecule has 0 radical (unpaired) electrons. The fourth-order valence-corrected chi connectivity index (χ4v) is 2.08. The second kappa shape index (κ2) is 7.25. The van der Waals surface area contributed by atoms with Crippen LogP contribution < -0.4 is 5.32 Å². The molecule has 2 N–H and O–H groups in total. The minimum atomic E-state index is -1.17. The number of carbonyl (C=O) groups is 2. The topological polar surface area (TPSA) is 90.2 Å². The average Bonchev–Trinajstić information content (AvgIpc) is 2.53. The Hall–Kier alpha value is -3.10. The first-order valence-corrected chi connectivity index (χ1v) is 6.90. The van der Waals surface area contributed by atoms with Gasteiger partial charge in [-0.05, 0) is 35.9 Å². The molecule has 0 heterocycles. The molecular formula is C17H11ClN2O3. The van der Waals surface area contributed by atoms with E-state index in [4.69, 9.17) is 22.0 Å². The van der Waals surface area contributed by atoms with Crippen molar-refractivity contribution in [3.8, 4) is 6.07 Å². The molecule has 114 valence electrons. The number of nitriles is 1. The van der Waals surface area contributed by atoms with E-state index in [1.54, 1.807) is 42.5 Å². The molecule has 1 amide bonds. The van der Waals surface area contributed by atoms with Gasteiger partial charge in [0.1, 0.15) is 11.6 Å². The quantitative estimate of drug-likeness (QED) is 0.663. The van der Waals surface area contributed by atoms with Gasteiger partial charge >= 0.3 is 5.97 Å². The minimum Gasteiger partial charge on any atom is -0.478 e. The van der Waals surface area contributed by atoms with Crippen LogP contribution in [-0.4, -0.2) is 17.0 Å². The third-order valence-corrected chi connectivity index (χ3v) is 3.17. The van der Waals surface area contributed by atoms with Crippen LogP contribution in [0.1, 0.15) is 15.9 Å². The number of amides is 1. The fourth-order valence-electron chi connectivity index (χ4n) is 1.88. The molecule has 0 spiro atoms. The van der Waals surface area contributed by atoms with Crippen molar-refractivity contribution >= 4 is 35.2 Å². The van der Waals surface area contributed by atoms with Gasteiger partial charge in [-0.25, -0.2) is 4.79 Å². The van der Waals surface area contributed by atoms with Gasteiger partial charge in [-0.3, -0.25) is 4.79 Å². The van der Waals surface area contributed by atoms with Crippen molar-refractivity contribution in [2.45, 2.75) is 0 Å². The molecule has 2 aromatic rings. The molecule has 0 bridgehead atoms. The van der Waals surface area contributed by atoms with Crippen molar-refractivity contribution < 1.29 is 14.7 Å². The number of carbonyl (C=O) groups excluding carboxylic acids is 1. The van der Waals surface area contributed by atoms with E-state index in [0.717, 1.165) is 0 Å². The van der Waals surface area contributed by atoms with Gasteiger partial charge in [0.15, 0.2) is 0 Å². The van der Waals surface area contributed by atoms with E-state index in [1.807, 2.05) is 0 Å². The van der Waals surface area contributed by atoms with Crippen LogP contribution in [-0.2, 0) is 4.79 Å². The predicted octanol–water partition coefficient (Wildman–Crippen LogP) is 3.58. The van der Waals surface area contributed by atoms with Gasteiger partial charge in [-0.2, -0.15) is 5.26 Å². The molecule has 0 saturated carbocycles. The zero-order chi connectivity index (χ0) is 16.8. The first-order valence-electron chi connectivity index (χ1n) is 6.52. The first-order chi connectivity index (χ1) is 11.0. The van der Waals surface area contributed by atoms with Gasteiger partial charge in [0.05, 0.1) is 11.3 Å². The highest BCUT2D eigenvalue weighted by molar-refractivity contribution is 6.30. The average molecular weight is 327 g/mol. The third kappa shape index (κ3) is 4.19. The van der Waals surface area contributed by atoms with Crippen molar-refractivity contribution in [2.75, 3.05) is 5.32 Å². The number of rotatable bonds is 4. The summed E-state index contributed by atoms with van der Waals surface area (Å²) in [6.07, 6.45) is 1.38. The minimum absolute atomic E-state index is 0.0547. The Kier molecular flexibility index (Phi) is 5.13. The molecule has 0 atom stereocenters. The summed E-state index contributed by atoms with van der Waals surface area (Å²) in [5.74, 6) is -1.86. The molecule has 0 aliphatic rings. The van der Waals surface area contributed by atoms with Crippen LogP contribution in [0.3, 0.4) is 0 Å². The first kappa shape index (κ1) is 16.3. The number of hydrogen-bond donors (Lipinski definition) is 2. The van der Waals surface area contributed by atoms with Crippen LogP contribution in [0, 0.1) is 11.3 Å². The second-order valence-corrected chi connectivity index (χ2v) is 4.97. The van der Waals surface area contributed by atoms with Crippen molar-refractivity contribution in [3.05, 3.63) is 70.3 Å². The summed E-state index contributed by atoms with van der Waals surface area (Å²) in [7, 11) is 0. The lowest BCUT2D eigenvalue weighted by Gasteiger charge is -2.07. The van der Waals surface area contributed by atoms with Gasteiger partial charge in [0.2, 0.25) is 0 Å². The van der Waals surface area contributed by atoms with Crippen LogP contribution in [0.25, 0.3) is 6.08 Å². The smallest absolute Gasteiger partial charge is 0.337 e. The van der Waals surface area contributed by atoms with E-state index in [9.17, 15) is 9.59 Å². The Morgan fingerprint density at radius 3 is 2.57 bits per heavy atom. The van der Waals surface area contributed by atoms with E-state index in [1.165, 1.54) is 18.2 Å². The number of para-hydroxylation sites is 1. The summed E-state index contributed by atoms with van der Waals surface area (Å²) in [5, 5.41) is 21.2. The molecule has 0 aromatic heterocycles. The zero-order valence-electron chi connectivity index (χ0n) is 11.8. The van der Waals surface area contributed by atoms with Crippen molar-refractivity contribution in [3.63, 3.8) is 0 Å². The van der Waals surface area contributed by atoms with Crippen LogP contribution in [0.5, 0.6) is 0 Å². The lowest BCUT2D eigenvalue weighted by atomic mass is 10.1. The molecule has 2 rings (SSSR count). The molecule has 0 aliphatic carbocycles. The monoisotopic (exact) mass is 326 g/mol. The SMILES string of the molecule is N#C/C(=C\c1cccc(Cl)c1)C(=O)Nc1ccccc1C(=O)O. The lowest BCUT2D eigenvalue weighted by Crippen LogP contribution is -2.16. The Balaban J connectivity index is 2.29. The molecule has 0 saturated heterocycles. The van der Waals surface area contributed by atoms with E-state index in [-0.39, 0.29) is 16.8 Å². The number of halogens is 1. The summed E-state index contributed by atoms with van der Waals surface area (Å²) in [4.78, 5) is 23.3. The molecule has 6 heteroatoms. The maximum atomic E-state index is 12.2. The molecule has 2 aromatic carbocycles. The summed E-state index contributed by atoms with van der Waals surface area (Å²) in [5.41, 5.74) is 0.501. The third-order valence-electron chi connectivity index (χ3n) is 2.93. The van der Waals surface area contributed by atoms with Crippen LogP contribution >= 0.6 is 11.6 Å². The summed E-state index contributed by atoms with van der Waals surface area (Å²) in [6.45, 7) is 0. The molecule has 5 nitrogen and oxygen atoms in total. The number of carboxylic acids is 1. The number of hydrogen-bond acceptors (Lipinski definition) is 3. The molecule has 0 unspecified atom stereocenters. The van der Waals surface area contributed by atoms with Gasteiger partial charge in [-0.1, -0.05) is 35.9 Å². The molecule has 0 fully saturated rings. The number of carboxylic acid groups (broad SMARTS) is 1. The molecular weight excluding hydrogens is 316 g/mol. The Morgan fingerprint density at radius 1 is 1.17 bits per heavy atom. The zero-order valence-corrected chi connectivity index (χ0v) is 12.5. The van der Waals surface area contributed by atoms with E-state index in [2.05, 4.69) is 5.32 Å². The Bertz CT molecular complexity index is 838. The highest BCUT2D eigenvalue weighted by Crippen LogP contribution is 2.17. The van der Waals surface area contributed by atoms with Crippen molar-refractivity contribution in [1.29, 1.82) is 5.26 Å². The summed E-state index contributed by atoms with van der Waals surface area (Å²) in [6, 6.07) is 14.4. The highest BCUT2D eigenvalue weighted by Gasteiger charge is 2.14. The fraction of sp³-hybridized carbons (Fsp3) is 0. The molecule has 23 heavy (non-hydrogen) atoms. The van der Waals surface area contributed by atoms with Crippen LogP contribution in [0.4, 0.5) is 5.69 Å². The van der Waals surface area contributed by atoms with Gasteiger partial charge in [0.25, 0.3) is 5.91 Å². The summed E-state index contributed by atoms with van der Waals surface area (Å²) < 4.78 is 0. The highest BCUT2D eigenvalue weighted by atomic mass is 35.5. The maximum Gasteiger partial charge on any atom is 0.337 e. The van der Waals surface area contributed by atoms with E-state index >= 15 is 0 Å². The number of nitrogens with zero attached hydrogens (tertiary/aromatic N) is 1. The van der Waals surface area contributed by atoms with Gasteiger partial charge in [-0.15, -0.1) is 0 Å². The van der Waals surface area contributed by atoms with Crippen molar-refractivity contribution in [1.82, 2.24) is 0 Å². The predicted molar refractivity (Wildman–Crippen MR) is 87.1 cm³/mol. The van der Waals surface area contributed by atoms with Gasteiger partial charge < -0.3 is 10.4 Å². The van der Waals surface area contributed by atoms with E-state index < -0.39 is 11.9 Å². The number of aromatic carboxylic acids is 1. The largest absolute Gasteiger partial charge is 0.478 e. The number of anilines is 1. The summed E-state index contributed by atoms with van der Waals surface area (Å²) >= 11 is 5.86. The number of nitrogens with one attached hydrogen (secondary N) is 1. The van der Waals surface area contributed by atoms with Crippen LogP contribution in [0.2, 0.25) is 5.02 Å². The second-order valence-electron chi connectivity index (χ2n) is 4.53. The normalized spacial score (nSPS) is 10.7. The number of benzene rings is 2. The van der Waals surface area contributed by atoms with Crippen molar-refractivity contribution in [2.24, 2.45) is 0 Å². The van der Waals surface area contributed by atoms with Crippen LogP contribution in [0.15, 0.2) is 54.1 Å². The van der Waals surface area contributed by atoms with Gasteiger partial charge in [0, 0.05) is 5.02 Å². The molecule has 0 aliphatic heterocycles. The van der Waals surface area contributed by atoms with E-state index in [0.29, 0.717) is 10.6 Å². The Labute approximate surface area is 137 Å². The lowest BCUT2D eigenvalue weighted by molar-refractivity contribution is -0.112. The maximum absolute atomic E-state index is 12.2. The Morgan fingerprint density at radius 2 is 1.91 bits per heavy atom.